The number of rotatable bonds is 6. The van der Waals surface area contributed by atoms with Gasteiger partial charge in [-0.15, -0.1) is 11.3 Å². The van der Waals surface area contributed by atoms with Crippen molar-refractivity contribution < 1.29 is 14.3 Å². The molecule has 5 nitrogen and oxygen atoms in total. The summed E-state index contributed by atoms with van der Waals surface area (Å²) < 4.78 is 11.5. The van der Waals surface area contributed by atoms with Gasteiger partial charge in [0.1, 0.15) is 5.75 Å². The predicted molar refractivity (Wildman–Crippen MR) is 133 cm³/mol. The molecule has 6 heteroatoms. The molecular weight excluding hydrogens is 432 g/mol. The molecule has 2 saturated heterocycles. The standard InChI is InChI=1S/C27H30N2O3S/c30-26(28-13-11-21(12-14-28)20-32-23-9-5-2-6-10-23)25-19-24(22-7-3-1-4-8-22)27(33-25)29-15-17-31-18-16-29/h1-10,19,21H,11-18,20H2. The number of benzene rings is 2. The zero-order valence-electron chi connectivity index (χ0n) is 18.8. The smallest absolute Gasteiger partial charge is 0.264 e. The van der Waals surface area contributed by atoms with Crippen molar-refractivity contribution in [2.45, 2.75) is 12.8 Å². The summed E-state index contributed by atoms with van der Waals surface area (Å²) in [5, 5.41) is 1.18. The largest absolute Gasteiger partial charge is 0.493 e. The van der Waals surface area contributed by atoms with E-state index in [0.717, 1.165) is 74.0 Å². The van der Waals surface area contributed by atoms with Crippen molar-refractivity contribution in [3.63, 3.8) is 0 Å². The molecule has 0 aliphatic carbocycles. The fourth-order valence-corrected chi connectivity index (χ4v) is 5.70. The van der Waals surface area contributed by atoms with Crippen LogP contribution in [0.5, 0.6) is 5.75 Å². The first kappa shape index (κ1) is 22.0. The summed E-state index contributed by atoms with van der Waals surface area (Å²) in [6.07, 6.45) is 1.96. The summed E-state index contributed by atoms with van der Waals surface area (Å²) in [7, 11) is 0. The molecule has 0 spiro atoms. The highest BCUT2D eigenvalue weighted by molar-refractivity contribution is 7.18. The Morgan fingerprint density at radius 1 is 0.939 bits per heavy atom. The van der Waals surface area contributed by atoms with Gasteiger partial charge in [-0.05, 0) is 42.5 Å². The quantitative estimate of drug-likeness (QED) is 0.506. The number of thiophene rings is 1. The van der Waals surface area contributed by atoms with Crippen molar-refractivity contribution in [1.29, 1.82) is 0 Å². The lowest BCUT2D eigenvalue weighted by Crippen LogP contribution is -2.39. The third-order valence-corrected chi connectivity index (χ3v) is 7.62. The Labute approximate surface area is 199 Å². The molecule has 2 fully saturated rings. The van der Waals surface area contributed by atoms with E-state index in [4.69, 9.17) is 9.47 Å². The molecule has 2 aromatic carbocycles. The molecule has 3 aromatic rings. The van der Waals surface area contributed by atoms with Crippen molar-refractivity contribution in [2.24, 2.45) is 5.92 Å². The average Bonchev–Trinajstić information content (AvgIpc) is 3.35. The van der Waals surface area contributed by atoms with Gasteiger partial charge < -0.3 is 19.3 Å². The van der Waals surface area contributed by atoms with Crippen LogP contribution < -0.4 is 9.64 Å². The number of piperidine rings is 1. The summed E-state index contributed by atoms with van der Waals surface area (Å²) in [5.74, 6) is 1.55. The van der Waals surface area contributed by atoms with Gasteiger partial charge in [0.05, 0.1) is 29.7 Å². The maximum atomic E-state index is 13.4. The molecule has 5 rings (SSSR count). The van der Waals surface area contributed by atoms with Crippen molar-refractivity contribution in [3.8, 4) is 16.9 Å². The number of carbonyl (C=O) groups excluding carboxylic acids is 1. The zero-order valence-corrected chi connectivity index (χ0v) is 19.6. The number of likely N-dealkylation sites (tertiary alicyclic amines) is 1. The van der Waals surface area contributed by atoms with E-state index in [2.05, 4.69) is 35.2 Å². The summed E-state index contributed by atoms with van der Waals surface area (Å²) >= 11 is 1.63. The van der Waals surface area contributed by atoms with Crippen LogP contribution in [0.4, 0.5) is 5.00 Å². The lowest BCUT2D eigenvalue weighted by Gasteiger charge is -2.31. The topological polar surface area (TPSA) is 42.0 Å². The van der Waals surface area contributed by atoms with E-state index in [-0.39, 0.29) is 5.91 Å². The number of nitrogens with zero attached hydrogens (tertiary/aromatic N) is 2. The Morgan fingerprint density at radius 3 is 2.30 bits per heavy atom. The Kier molecular flexibility index (Phi) is 6.93. The lowest BCUT2D eigenvalue weighted by molar-refractivity contribution is 0.0666. The highest BCUT2D eigenvalue weighted by atomic mass is 32.1. The van der Waals surface area contributed by atoms with E-state index in [9.17, 15) is 4.79 Å². The van der Waals surface area contributed by atoms with Gasteiger partial charge in [0, 0.05) is 31.7 Å². The van der Waals surface area contributed by atoms with Crippen LogP contribution in [0.3, 0.4) is 0 Å². The fourth-order valence-electron chi connectivity index (χ4n) is 4.50. The van der Waals surface area contributed by atoms with Crippen molar-refractivity contribution >= 4 is 22.2 Å². The fraction of sp³-hybridized carbons (Fsp3) is 0.370. The molecule has 0 atom stereocenters. The summed E-state index contributed by atoms with van der Waals surface area (Å²) in [4.78, 5) is 18.6. The second kappa shape index (κ2) is 10.4. The summed E-state index contributed by atoms with van der Waals surface area (Å²) in [5.41, 5.74) is 2.31. The Morgan fingerprint density at radius 2 is 1.61 bits per heavy atom. The minimum Gasteiger partial charge on any atom is -0.493 e. The number of carbonyl (C=O) groups is 1. The van der Waals surface area contributed by atoms with E-state index >= 15 is 0 Å². The van der Waals surface area contributed by atoms with Crippen LogP contribution in [-0.2, 0) is 4.74 Å². The second-order valence-corrected chi connectivity index (χ2v) is 9.69. The second-order valence-electron chi connectivity index (χ2n) is 8.65. The highest BCUT2D eigenvalue weighted by Crippen LogP contribution is 2.40. The first-order chi connectivity index (χ1) is 16.3. The van der Waals surface area contributed by atoms with Gasteiger partial charge in [-0.3, -0.25) is 4.79 Å². The van der Waals surface area contributed by atoms with E-state index in [0.29, 0.717) is 12.5 Å². The molecular formula is C27H30N2O3S. The minimum absolute atomic E-state index is 0.152. The van der Waals surface area contributed by atoms with Crippen molar-refractivity contribution in [3.05, 3.63) is 71.6 Å². The van der Waals surface area contributed by atoms with Gasteiger partial charge >= 0.3 is 0 Å². The highest BCUT2D eigenvalue weighted by Gasteiger charge is 2.27. The Bertz CT molecular complexity index is 1040. The molecule has 0 N–H and O–H groups in total. The molecule has 2 aliphatic heterocycles. The Hall–Kier alpha value is -2.83. The first-order valence-electron chi connectivity index (χ1n) is 11.8. The SMILES string of the molecule is O=C(c1cc(-c2ccccc2)c(N2CCOCC2)s1)N1CCC(COc2ccccc2)CC1. The van der Waals surface area contributed by atoms with Crippen LogP contribution >= 0.6 is 11.3 Å². The molecule has 33 heavy (non-hydrogen) atoms. The lowest BCUT2D eigenvalue weighted by atomic mass is 9.97. The van der Waals surface area contributed by atoms with Crippen LogP contribution in [-0.4, -0.2) is 56.8 Å². The number of morpholine rings is 1. The predicted octanol–water partition coefficient (Wildman–Crippen LogP) is 5.18. The first-order valence-corrected chi connectivity index (χ1v) is 12.6. The van der Waals surface area contributed by atoms with E-state index in [1.54, 1.807) is 11.3 Å². The summed E-state index contributed by atoms with van der Waals surface area (Å²) in [6.45, 7) is 5.47. The third kappa shape index (κ3) is 5.23. The molecule has 1 aromatic heterocycles. The number of anilines is 1. The Balaban J connectivity index is 1.26. The molecule has 0 bridgehead atoms. The van der Waals surface area contributed by atoms with Gasteiger partial charge in [0.2, 0.25) is 0 Å². The van der Waals surface area contributed by atoms with E-state index in [1.807, 2.05) is 41.3 Å². The van der Waals surface area contributed by atoms with Crippen LogP contribution in [0.1, 0.15) is 22.5 Å². The van der Waals surface area contributed by atoms with E-state index in [1.165, 1.54) is 5.00 Å². The molecule has 0 saturated carbocycles. The number of hydrogen-bond acceptors (Lipinski definition) is 5. The van der Waals surface area contributed by atoms with Gasteiger partial charge in [0.15, 0.2) is 0 Å². The van der Waals surface area contributed by atoms with Crippen LogP contribution in [0.2, 0.25) is 0 Å². The number of hydrogen-bond donors (Lipinski definition) is 0. The van der Waals surface area contributed by atoms with Gasteiger partial charge in [0.25, 0.3) is 5.91 Å². The molecule has 3 heterocycles. The maximum Gasteiger partial charge on any atom is 0.264 e. The molecule has 2 aliphatic rings. The third-order valence-electron chi connectivity index (χ3n) is 6.44. The van der Waals surface area contributed by atoms with Crippen LogP contribution in [0.15, 0.2) is 66.7 Å². The molecule has 172 valence electrons. The molecule has 0 unspecified atom stereocenters. The van der Waals surface area contributed by atoms with Gasteiger partial charge in [-0.25, -0.2) is 0 Å². The summed E-state index contributed by atoms with van der Waals surface area (Å²) in [6, 6.07) is 22.4. The number of ether oxygens (including phenoxy) is 2. The van der Waals surface area contributed by atoms with Crippen molar-refractivity contribution in [1.82, 2.24) is 4.90 Å². The molecule has 0 radical (unpaired) electrons. The van der Waals surface area contributed by atoms with Crippen LogP contribution in [0.25, 0.3) is 11.1 Å². The monoisotopic (exact) mass is 462 g/mol. The van der Waals surface area contributed by atoms with Gasteiger partial charge in [-0.2, -0.15) is 0 Å². The maximum absolute atomic E-state index is 13.4. The van der Waals surface area contributed by atoms with Gasteiger partial charge in [-0.1, -0.05) is 48.5 Å². The normalized spacial score (nSPS) is 17.2. The average molecular weight is 463 g/mol. The number of amides is 1. The minimum atomic E-state index is 0.152. The molecule has 1 amide bonds. The number of para-hydroxylation sites is 1. The van der Waals surface area contributed by atoms with Crippen molar-refractivity contribution in [2.75, 3.05) is 50.9 Å². The van der Waals surface area contributed by atoms with E-state index < -0.39 is 0 Å². The van der Waals surface area contributed by atoms with Crippen LogP contribution in [0, 0.1) is 5.92 Å². The zero-order chi connectivity index (χ0) is 22.5.